The normalized spacial score (nSPS) is 12.1. The number of hydrogen-bond acceptors (Lipinski definition) is 7. The molecule has 0 amide bonds. The number of rotatable bonds is 7. The molecule has 0 saturated carbocycles. The molecule has 182 valence electrons. The van der Waals surface area contributed by atoms with Crippen LogP contribution < -0.4 is 30.1 Å². The van der Waals surface area contributed by atoms with Crippen molar-refractivity contribution in [3.05, 3.63) is 51.9 Å². The molecule has 8 heteroatoms. The van der Waals surface area contributed by atoms with Crippen LogP contribution in [0.5, 0.6) is 17.2 Å². The molecule has 1 aromatic heterocycles. The predicted octanol–water partition coefficient (Wildman–Crippen LogP) is 1.82. The average Bonchev–Trinajstić information content (AvgIpc) is 2.83. The molecule has 0 unspecified atom stereocenters. The van der Waals surface area contributed by atoms with E-state index in [2.05, 4.69) is 19.2 Å². The van der Waals surface area contributed by atoms with Crippen molar-refractivity contribution in [2.24, 2.45) is 0 Å². The van der Waals surface area contributed by atoms with Crippen LogP contribution >= 0.6 is 0 Å². The van der Waals surface area contributed by atoms with Gasteiger partial charge in [0, 0.05) is 6.07 Å². The highest BCUT2D eigenvalue weighted by Crippen LogP contribution is 2.36. The van der Waals surface area contributed by atoms with Gasteiger partial charge < -0.3 is 33.8 Å². The van der Waals surface area contributed by atoms with Crippen LogP contribution in [0.25, 0.3) is 22.1 Å². The van der Waals surface area contributed by atoms with E-state index in [0.717, 1.165) is 0 Å². The molecule has 4 rings (SSSR count). The summed E-state index contributed by atoms with van der Waals surface area (Å²) in [6, 6.07) is 8.60. The van der Waals surface area contributed by atoms with E-state index in [1.165, 1.54) is 13.1 Å². The fourth-order valence-corrected chi connectivity index (χ4v) is 3.75. The van der Waals surface area contributed by atoms with Crippen LogP contribution in [-0.4, -0.2) is 38.9 Å². The summed E-state index contributed by atoms with van der Waals surface area (Å²) in [5, 5.41) is 13.4. The Bertz CT molecular complexity index is 1210. The van der Waals surface area contributed by atoms with Gasteiger partial charge in [0.05, 0.1) is 30.0 Å². The lowest BCUT2D eigenvalue weighted by Gasteiger charge is -2.19. The minimum Gasteiger partial charge on any atom is -0.546 e. The molecule has 2 aromatic carbocycles. The lowest BCUT2D eigenvalue weighted by atomic mass is 10.00. The standard InChI is InChI=1S/C22H20O7.C4H11N/c1-3-13-8-15-18(10-17(13)28-11-20(23)24)29-12(2)21(22(15)25)14-4-5-16-19(9-14)27-7-6-26-16;1-3-5-4-2/h4-5,8-10H,3,6-7,11H2,1-2H3,(H,23,24);5H,3-4H2,1-2H3. The lowest BCUT2D eigenvalue weighted by Crippen LogP contribution is -2.82. The SMILES string of the molecule is CC[NH2+]CC.CCc1cc2c(=O)c(-c3ccc4c(c3)OCCO4)c(C)oc2cc1OCC(=O)[O-]. The molecule has 1 aliphatic heterocycles. The first-order valence-corrected chi connectivity index (χ1v) is 11.5. The number of nitrogens with two attached hydrogens (primary N) is 1. The Morgan fingerprint density at radius 1 is 1.06 bits per heavy atom. The molecule has 0 spiro atoms. The van der Waals surface area contributed by atoms with Gasteiger partial charge in [-0.05, 0) is 56.5 Å². The molecule has 2 heterocycles. The van der Waals surface area contributed by atoms with E-state index in [0.29, 0.717) is 70.3 Å². The summed E-state index contributed by atoms with van der Waals surface area (Å²) in [7, 11) is 0. The predicted molar refractivity (Wildman–Crippen MR) is 127 cm³/mol. The monoisotopic (exact) mass is 469 g/mol. The van der Waals surface area contributed by atoms with E-state index in [-0.39, 0.29) is 5.43 Å². The first-order valence-electron chi connectivity index (χ1n) is 11.5. The van der Waals surface area contributed by atoms with E-state index in [9.17, 15) is 14.7 Å². The number of carboxylic acid groups (broad SMARTS) is 1. The van der Waals surface area contributed by atoms with Gasteiger partial charge in [-0.3, -0.25) is 4.79 Å². The van der Waals surface area contributed by atoms with E-state index in [1.807, 2.05) is 6.92 Å². The number of hydrogen-bond donors (Lipinski definition) is 1. The zero-order valence-corrected chi connectivity index (χ0v) is 20.1. The van der Waals surface area contributed by atoms with Crippen molar-refractivity contribution in [1.82, 2.24) is 0 Å². The lowest BCUT2D eigenvalue weighted by molar-refractivity contribution is -0.648. The third-order valence-electron chi connectivity index (χ3n) is 5.38. The molecule has 0 fully saturated rings. The number of fused-ring (bicyclic) bond motifs is 2. The average molecular weight is 470 g/mol. The van der Waals surface area contributed by atoms with Crippen molar-refractivity contribution in [1.29, 1.82) is 0 Å². The first kappa shape index (κ1) is 25.1. The number of carbonyl (C=O) groups excluding carboxylic acids is 1. The van der Waals surface area contributed by atoms with Gasteiger partial charge in [0.15, 0.2) is 11.5 Å². The summed E-state index contributed by atoms with van der Waals surface area (Å²) in [5.41, 5.74) is 1.99. The van der Waals surface area contributed by atoms with Gasteiger partial charge in [-0.15, -0.1) is 0 Å². The van der Waals surface area contributed by atoms with Crippen molar-refractivity contribution in [2.75, 3.05) is 32.9 Å². The zero-order chi connectivity index (χ0) is 24.7. The van der Waals surface area contributed by atoms with Crippen molar-refractivity contribution in [2.45, 2.75) is 34.1 Å². The summed E-state index contributed by atoms with van der Waals surface area (Å²) >= 11 is 0. The highest BCUT2D eigenvalue weighted by Gasteiger charge is 2.19. The number of ether oxygens (including phenoxy) is 3. The maximum absolute atomic E-state index is 13.3. The first-order chi connectivity index (χ1) is 16.4. The number of quaternary nitrogens is 1. The molecule has 0 bridgehead atoms. The fraction of sp³-hybridized carbons (Fsp3) is 0.385. The molecular weight excluding hydrogens is 438 g/mol. The molecule has 34 heavy (non-hydrogen) atoms. The maximum atomic E-state index is 13.3. The second-order valence-electron chi connectivity index (χ2n) is 7.80. The summed E-state index contributed by atoms with van der Waals surface area (Å²) in [5.74, 6) is 0.713. The number of carboxylic acids is 1. The van der Waals surface area contributed by atoms with Gasteiger partial charge >= 0.3 is 0 Å². The topological polar surface area (TPSA) is 115 Å². The summed E-state index contributed by atoms with van der Waals surface area (Å²) < 4.78 is 22.4. The molecule has 0 saturated heterocycles. The molecule has 0 atom stereocenters. The highest BCUT2D eigenvalue weighted by atomic mass is 16.6. The summed E-state index contributed by atoms with van der Waals surface area (Å²) in [6.07, 6.45) is 0.561. The largest absolute Gasteiger partial charge is 0.546 e. The summed E-state index contributed by atoms with van der Waals surface area (Å²) in [6.45, 7) is 10.7. The smallest absolute Gasteiger partial charge is 0.200 e. The zero-order valence-electron chi connectivity index (χ0n) is 20.1. The molecule has 8 nitrogen and oxygen atoms in total. The minimum atomic E-state index is -1.32. The minimum absolute atomic E-state index is 0.179. The fourth-order valence-electron chi connectivity index (χ4n) is 3.75. The van der Waals surface area contributed by atoms with Crippen molar-refractivity contribution >= 4 is 16.9 Å². The van der Waals surface area contributed by atoms with E-state index >= 15 is 0 Å². The summed E-state index contributed by atoms with van der Waals surface area (Å²) in [4.78, 5) is 24.0. The highest BCUT2D eigenvalue weighted by molar-refractivity contribution is 5.85. The van der Waals surface area contributed by atoms with E-state index in [4.69, 9.17) is 18.6 Å². The molecule has 0 aliphatic carbocycles. The van der Waals surface area contributed by atoms with Crippen LogP contribution in [0.3, 0.4) is 0 Å². The van der Waals surface area contributed by atoms with Crippen LogP contribution in [0.15, 0.2) is 39.5 Å². The Morgan fingerprint density at radius 2 is 1.76 bits per heavy atom. The van der Waals surface area contributed by atoms with Crippen molar-refractivity contribution in [3.8, 4) is 28.4 Å². The second kappa shape index (κ2) is 11.6. The van der Waals surface area contributed by atoms with Crippen molar-refractivity contribution < 1.29 is 33.8 Å². The van der Waals surface area contributed by atoms with Gasteiger partial charge in [0.25, 0.3) is 0 Å². The Hall–Kier alpha value is -3.52. The Labute approximate surface area is 198 Å². The van der Waals surface area contributed by atoms with E-state index < -0.39 is 12.6 Å². The molecule has 1 aliphatic rings. The van der Waals surface area contributed by atoms with Crippen LogP contribution in [-0.2, 0) is 11.2 Å². The van der Waals surface area contributed by atoms with Gasteiger partial charge in [-0.25, -0.2) is 0 Å². The number of aryl methyl sites for hydroxylation is 2. The van der Waals surface area contributed by atoms with E-state index in [1.54, 1.807) is 37.3 Å². The van der Waals surface area contributed by atoms with Crippen LogP contribution in [0.1, 0.15) is 32.1 Å². The number of benzene rings is 2. The van der Waals surface area contributed by atoms with Crippen LogP contribution in [0.4, 0.5) is 0 Å². The number of aliphatic carboxylic acids is 1. The maximum Gasteiger partial charge on any atom is 0.200 e. The van der Waals surface area contributed by atoms with Gasteiger partial charge in [0.2, 0.25) is 5.43 Å². The van der Waals surface area contributed by atoms with Gasteiger partial charge in [-0.2, -0.15) is 0 Å². The number of carbonyl (C=O) groups is 1. The third-order valence-corrected chi connectivity index (χ3v) is 5.38. The Morgan fingerprint density at radius 3 is 2.38 bits per heavy atom. The van der Waals surface area contributed by atoms with Crippen LogP contribution in [0.2, 0.25) is 0 Å². The quantitative estimate of drug-likeness (QED) is 0.561. The van der Waals surface area contributed by atoms with Crippen molar-refractivity contribution in [3.63, 3.8) is 0 Å². The Balaban J connectivity index is 0.000000588. The Kier molecular flexibility index (Phi) is 8.54. The van der Waals surface area contributed by atoms with Crippen LogP contribution in [0, 0.1) is 6.92 Å². The van der Waals surface area contributed by atoms with Gasteiger partial charge in [-0.1, -0.05) is 13.0 Å². The van der Waals surface area contributed by atoms with Gasteiger partial charge in [0.1, 0.15) is 36.9 Å². The second-order valence-corrected chi connectivity index (χ2v) is 7.80. The molecule has 2 N–H and O–H groups in total. The molecule has 0 radical (unpaired) electrons. The molecule has 3 aromatic rings. The third kappa shape index (κ3) is 5.69. The molecular formula is C26H31NO7.